The topological polar surface area (TPSA) is 55.6 Å². The van der Waals surface area contributed by atoms with Crippen molar-refractivity contribution in [1.29, 1.82) is 0 Å². The molecule has 2 N–H and O–H groups in total. The van der Waals surface area contributed by atoms with Crippen LogP contribution >= 0.6 is 15.9 Å². The Labute approximate surface area is 126 Å². The van der Waals surface area contributed by atoms with Gasteiger partial charge in [-0.25, -0.2) is 4.39 Å². The molecule has 1 aromatic carbocycles. The van der Waals surface area contributed by atoms with E-state index in [-0.39, 0.29) is 17.8 Å². The van der Waals surface area contributed by atoms with Crippen LogP contribution in [0.4, 0.5) is 4.39 Å². The van der Waals surface area contributed by atoms with Gasteiger partial charge in [-0.05, 0) is 53.9 Å². The lowest BCUT2D eigenvalue weighted by Gasteiger charge is -2.27. The zero-order valence-electron chi connectivity index (χ0n) is 11.3. The quantitative estimate of drug-likeness (QED) is 0.911. The first-order valence-corrected chi connectivity index (χ1v) is 7.44. The summed E-state index contributed by atoms with van der Waals surface area (Å²) >= 11 is 3.22. The molecule has 0 aromatic heterocycles. The van der Waals surface area contributed by atoms with Crippen LogP contribution in [0.1, 0.15) is 19.8 Å². The molecule has 110 valence electrons. The lowest BCUT2D eigenvalue weighted by molar-refractivity contribution is -0.138. The third kappa shape index (κ3) is 3.30. The summed E-state index contributed by atoms with van der Waals surface area (Å²) in [4.78, 5) is 14.1. The van der Waals surface area contributed by atoms with E-state index in [0.717, 1.165) is 19.4 Å². The minimum atomic E-state index is -0.621. The molecule has 1 heterocycles. The van der Waals surface area contributed by atoms with Gasteiger partial charge < -0.3 is 15.4 Å². The summed E-state index contributed by atoms with van der Waals surface area (Å²) in [5.74, 6) is 0.0239. The average molecular weight is 345 g/mol. The minimum Gasteiger partial charge on any atom is -0.480 e. The Kier molecular flexibility index (Phi) is 4.99. The molecule has 2 rings (SSSR count). The number of amides is 1. The Morgan fingerprint density at radius 3 is 3.05 bits per heavy atom. The number of nitrogens with two attached hydrogens (primary N) is 1. The number of ether oxygens (including phenoxy) is 1. The predicted octanol–water partition coefficient (Wildman–Crippen LogP) is 2.31. The maximum atomic E-state index is 13.0. The van der Waals surface area contributed by atoms with E-state index >= 15 is 0 Å². The highest BCUT2D eigenvalue weighted by Gasteiger charge is 2.31. The molecule has 1 aliphatic rings. The third-order valence-electron chi connectivity index (χ3n) is 3.48. The summed E-state index contributed by atoms with van der Waals surface area (Å²) in [6.07, 6.45) is 1.29. The van der Waals surface area contributed by atoms with Gasteiger partial charge in [0, 0.05) is 19.1 Å². The second kappa shape index (κ2) is 6.54. The fraction of sp³-hybridized carbons (Fsp3) is 0.500. The molecular formula is C14H18BrFN2O2. The van der Waals surface area contributed by atoms with Crippen molar-refractivity contribution in [2.75, 3.05) is 13.1 Å². The first-order chi connectivity index (χ1) is 9.52. The van der Waals surface area contributed by atoms with Crippen molar-refractivity contribution in [3.05, 3.63) is 28.5 Å². The Morgan fingerprint density at radius 2 is 2.40 bits per heavy atom. The van der Waals surface area contributed by atoms with Gasteiger partial charge >= 0.3 is 0 Å². The van der Waals surface area contributed by atoms with Crippen molar-refractivity contribution >= 4 is 21.8 Å². The molecule has 1 fully saturated rings. The van der Waals surface area contributed by atoms with Gasteiger partial charge in [-0.15, -0.1) is 0 Å². The van der Waals surface area contributed by atoms with Gasteiger partial charge in [-0.2, -0.15) is 0 Å². The van der Waals surface area contributed by atoms with Crippen LogP contribution in [0.3, 0.4) is 0 Å². The lowest BCUT2D eigenvalue weighted by Crippen LogP contribution is -2.45. The molecule has 0 saturated carbocycles. The molecule has 6 heteroatoms. The summed E-state index contributed by atoms with van der Waals surface area (Å²) in [5, 5.41) is 0. The smallest absolute Gasteiger partial charge is 0.263 e. The molecule has 1 saturated heterocycles. The van der Waals surface area contributed by atoms with Gasteiger partial charge in [-0.1, -0.05) is 0 Å². The van der Waals surface area contributed by atoms with E-state index in [1.165, 1.54) is 18.2 Å². The van der Waals surface area contributed by atoms with Gasteiger partial charge in [0.2, 0.25) is 0 Å². The standard InChI is InChI=1S/C14H18BrFN2O2/c1-9(14(19)18-6-2-3-11(18)8-17)20-13-5-4-10(16)7-12(13)15/h4-5,7,9,11H,2-3,6,8,17H2,1H3/t9-,11-/m1/s1. The highest BCUT2D eigenvalue weighted by atomic mass is 79.9. The summed E-state index contributed by atoms with van der Waals surface area (Å²) in [6, 6.07) is 4.22. The molecule has 0 bridgehead atoms. The molecule has 2 atom stereocenters. The van der Waals surface area contributed by atoms with Crippen molar-refractivity contribution in [3.63, 3.8) is 0 Å². The van der Waals surface area contributed by atoms with E-state index in [1.807, 2.05) is 0 Å². The van der Waals surface area contributed by atoms with Gasteiger partial charge in [0.05, 0.1) is 4.47 Å². The molecule has 0 spiro atoms. The number of carbonyl (C=O) groups excluding carboxylic acids is 1. The number of hydrogen-bond donors (Lipinski definition) is 1. The summed E-state index contributed by atoms with van der Waals surface area (Å²) in [5.41, 5.74) is 5.67. The number of hydrogen-bond acceptors (Lipinski definition) is 3. The fourth-order valence-corrected chi connectivity index (χ4v) is 2.86. The second-order valence-electron chi connectivity index (χ2n) is 4.90. The summed E-state index contributed by atoms with van der Waals surface area (Å²) in [6.45, 7) is 2.89. The van der Waals surface area contributed by atoms with Crippen LogP contribution < -0.4 is 10.5 Å². The van der Waals surface area contributed by atoms with Gasteiger partial charge in [-0.3, -0.25) is 4.79 Å². The van der Waals surface area contributed by atoms with Crippen LogP contribution in [0.25, 0.3) is 0 Å². The van der Waals surface area contributed by atoms with Gasteiger partial charge in [0.1, 0.15) is 11.6 Å². The van der Waals surface area contributed by atoms with Crippen LogP contribution in [0.5, 0.6) is 5.75 Å². The zero-order valence-corrected chi connectivity index (χ0v) is 12.9. The molecule has 20 heavy (non-hydrogen) atoms. The minimum absolute atomic E-state index is 0.0748. The van der Waals surface area contributed by atoms with Crippen LogP contribution in [0.15, 0.2) is 22.7 Å². The number of benzene rings is 1. The molecular weight excluding hydrogens is 327 g/mol. The van der Waals surface area contributed by atoms with Crippen LogP contribution in [0.2, 0.25) is 0 Å². The molecule has 0 unspecified atom stereocenters. The molecule has 1 amide bonds. The molecule has 1 aliphatic heterocycles. The van der Waals surface area contributed by atoms with E-state index < -0.39 is 6.10 Å². The van der Waals surface area contributed by atoms with Crippen LogP contribution in [0, 0.1) is 5.82 Å². The number of nitrogens with zero attached hydrogens (tertiary/aromatic N) is 1. The van der Waals surface area contributed by atoms with Crippen molar-refractivity contribution in [1.82, 2.24) is 4.90 Å². The second-order valence-corrected chi connectivity index (χ2v) is 5.75. The number of halogens is 2. The van der Waals surface area contributed by atoms with Gasteiger partial charge in [0.25, 0.3) is 5.91 Å². The highest BCUT2D eigenvalue weighted by Crippen LogP contribution is 2.27. The van der Waals surface area contributed by atoms with Crippen LogP contribution in [-0.4, -0.2) is 36.0 Å². The van der Waals surface area contributed by atoms with Crippen molar-refractivity contribution < 1.29 is 13.9 Å². The Balaban J connectivity index is 2.04. The monoisotopic (exact) mass is 344 g/mol. The molecule has 4 nitrogen and oxygen atoms in total. The molecule has 1 aromatic rings. The Hall–Kier alpha value is -1.14. The van der Waals surface area contributed by atoms with Crippen LogP contribution in [-0.2, 0) is 4.79 Å². The van der Waals surface area contributed by atoms with E-state index in [4.69, 9.17) is 10.5 Å². The highest BCUT2D eigenvalue weighted by molar-refractivity contribution is 9.10. The molecule has 0 aliphatic carbocycles. The van der Waals surface area contributed by atoms with E-state index in [0.29, 0.717) is 16.8 Å². The average Bonchev–Trinajstić information content (AvgIpc) is 2.89. The van der Waals surface area contributed by atoms with E-state index in [9.17, 15) is 9.18 Å². The summed E-state index contributed by atoms with van der Waals surface area (Å²) < 4.78 is 19.1. The Morgan fingerprint density at radius 1 is 1.65 bits per heavy atom. The predicted molar refractivity (Wildman–Crippen MR) is 78.0 cm³/mol. The fourth-order valence-electron chi connectivity index (χ4n) is 2.42. The Bertz CT molecular complexity index is 498. The SMILES string of the molecule is C[C@@H](Oc1ccc(F)cc1Br)C(=O)N1CCC[C@@H]1CN. The number of carbonyl (C=O) groups is 1. The van der Waals surface area contributed by atoms with Crippen molar-refractivity contribution in [2.45, 2.75) is 31.9 Å². The maximum absolute atomic E-state index is 13.0. The first kappa shape index (κ1) is 15.3. The maximum Gasteiger partial charge on any atom is 0.263 e. The first-order valence-electron chi connectivity index (χ1n) is 6.65. The molecule has 0 radical (unpaired) electrons. The number of likely N-dealkylation sites (tertiary alicyclic amines) is 1. The summed E-state index contributed by atoms with van der Waals surface area (Å²) in [7, 11) is 0. The van der Waals surface area contributed by atoms with E-state index in [2.05, 4.69) is 15.9 Å². The number of rotatable bonds is 4. The normalized spacial score (nSPS) is 20.0. The van der Waals surface area contributed by atoms with Crippen molar-refractivity contribution in [2.24, 2.45) is 5.73 Å². The van der Waals surface area contributed by atoms with Crippen molar-refractivity contribution in [3.8, 4) is 5.75 Å². The third-order valence-corrected chi connectivity index (χ3v) is 4.10. The zero-order chi connectivity index (χ0) is 14.7. The van der Waals surface area contributed by atoms with E-state index in [1.54, 1.807) is 11.8 Å². The lowest BCUT2D eigenvalue weighted by atomic mass is 10.2. The van der Waals surface area contributed by atoms with Gasteiger partial charge in [0.15, 0.2) is 6.10 Å². The largest absolute Gasteiger partial charge is 0.480 e.